The molecule has 0 amide bonds. The number of fused-ring (bicyclic) bond motifs is 4. The number of furan rings is 1. The molecule has 0 unspecified atom stereocenters. The summed E-state index contributed by atoms with van der Waals surface area (Å²) in [6.45, 7) is 0. The maximum atomic E-state index is 6.48. The van der Waals surface area contributed by atoms with Gasteiger partial charge in [-0.15, -0.1) is 0 Å². The Kier molecular flexibility index (Phi) is 9.42. The summed E-state index contributed by atoms with van der Waals surface area (Å²) in [5.74, 6) is 1.34. The van der Waals surface area contributed by atoms with Crippen molar-refractivity contribution < 1.29 is 4.42 Å². The van der Waals surface area contributed by atoms with E-state index in [0.717, 1.165) is 106 Å². The summed E-state index contributed by atoms with van der Waals surface area (Å²) in [5, 5.41) is 4.48. The lowest BCUT2D eigenvalue weighted by Crippen LogP contribution is -1.96. The van der Waals surface area contributed by atoms with Gasteiger partial charge in [0.2, 0.25) is 0 Å². The van der Waals surface area contributed by atoms with Crippen LogP contribution in [0.1, 0.15) is 0 Å². The summed E-state index contributed by atoms with van der Waals surface area (Å²) in [6.07, 6.45) is 0. The predicted octanol–water partition coefficient (Wildman–Crippen LogP) is 15.7. The molecule has 5 heteroatoms. The van der Waals surface area contributed by atoms with Gasteiger partial charge in [0.05, 0.1) is 22.8 Å². The minimum atomic E-state index is 0.665. The van der Waals surface area contributed by atoms with Crippen molar-refractivity contribution in [3.63, 3.8) is 0 Å². The van der Waals surface area contributed by atoms with Crippen LogP contribution >= 0.6 is 0 Å². The molecule has 0 N–H and O–H groups in total. The number of hydrogen-bond donors (Lipinski definition) is 0. The molecule has 0 aliphatic carbocycles. The van der Waals surface area contributed by atoms with Gasteiger partial charge in [-0.2, -0.15) is 0 Å². The second kappa shape index (κ2) is 16.2. The van der Waals surface area contributed by atoms with Crippen molar-refractivity contribution >= 4 is 32.7 Å². The molecule has 65 heavy (non-hydrogen) atoms. The molecule has 0 bridgehead atoms. The highest BCUT2D eigenvalue weighted by atomic mass is 16.3. The summed E-state index contributed by atoms with van der Waals surface area (Å²) >= 11 is 0. The van der Waals surface area contributed by atoms with E-state index in [2.05, 4.69) is 164 Å². The van der Waals surface area contributed by atoms with E-state index in [1.165, 1.54) is 5.39 Å². The lowest BCUT2D eigenvalue weighted by Gasteiger charge is -2.14. The smallest absolute Gasteiger partial charge is 0.160 e. The molecular formula is C60H38N4O. The van der Waals surface area contributed by atoms with E-state index >= 15 is 0 Å². The Labute approximate surface area is 376 Å². The number of para-hydroxylation sites is 1. The van der Waals surface area contributed by atoms with Crippen molar-refractivity contribution in [2.75, 3.05) is 0 Å². The zero-order valence-electron chi connectivity index (χ0n) is 35.1. The molecule has 304 valence electrons. The van der Waals surface area contributed by atoms with Crippen LogP contribution in [0, 0.1) is 0 Å². The molecule has 0 saturated heterocycles. The third-order valence-corrected chi connectivity index (χ3v) is 12.2. The minimum Gasteiger partial charge on any atom is -0.456 e. The minimum absolute atomic E-state index is 0.665. The highest BCUT2D eigenvalue weighted by molar-refractivity contribution is 6.09. The quantitative estimate of drug-likeness (QED) is 0.153. The van der Waals surface area contributed by atoms with Gasteiger partial charge in [0, 0.05) is 44.2 Å². The van der Waals surface area contributed by atoms with Gasteiger partial charge in [0.1, 0.15) is 11.2 Å². The third-order valence-electron chi connectivity index (χ3n) is 12.2. The van der Waals surface area contributed by atoms with Crippen LogP contribution in [-0.4, -0.2) is 19.9 Å². The number of aromatic nitrogens is 4. The van der Waals surface area contributed by atoms with Crippen molar-refractivity contribution in [2.24, 2.45) is 0 Å². The van der Waals surface area contributed by atoms with Crippen molar-refractivity contribution in [3.8, 4) is 90.1 Å². The molecule has 0 saturated carbocycles. The van der Waals surface area contributed by atoms with E-state index < -0.39 is 0 Å². The lowest BCUT2D eigenvalue weighted by atomic mass is 9.91. The molecule has 12 aromatic rings. The molecule has 3 aromatic heterocycles. The van der Waals surface area contributed by atoms with Gasteiger partial charge in [0.15, 0.2) is 11.6 Å². The van der Waals surface area contributed by atoms with Gasteiger partial charge in [-0.3, -0.25) is 0 Å². The largest absolute Gasteiger partial charge is 0.456 e. The van der Waals surface area contributed by atoms with Crippen molar-refractivity contribution in [2.45, 2.75) is 0 Å². The van der Waals surface area contributed by atoms with Crippen LogP contribution in [0.15, 0.2) is 235 Å². The molecule has 0 radical (unpaired) electrons. The Bertz CT molecular complexity index is 3620. The van der Waals surface area contributed by atoms with Crippen LogP contribution in [-0.2, 0) is 0 Å². The predicted molar refractivity (Wildman–Crippen MR) is 266 cm³/mol. The zero-order valence-corrected chi connectivity index (χ0v) is 35.1. The lowest BCUT2D eigenvalue weighted by molar-refractivity contribution is 0.669. The molecular weight excluding hydrogens is 793 g/mol. The SMILES string of the molecule is c1ccc(-c2cc(-c3ccccc3)nc(-c3ccc(-c4cc5c(cc4-c4ccc(-c6nc(-c7ccccc7)cc(-c7cccc8ccccc78)n6)cc4)oc4ccccc45)cc3)n2)cc1. The summed E-state index contributed by atoms with van der Waals surface area (Å²) in [5.41, 5.74) is 15.5. The van der Waals surface area contributed by atoms with E-state index in [4.69, 9.17) is 24.4 Å². The second-order valence-electron chi connectivity index (χ2n) is 16.2. The first-order valence-electron chi connectivity index (χ1n) is 21.8. The first kappa shape index (κ1) is 37.9. The second-order valence-corrected chi connectivity index (χ2v) is 16.2. The normalized spacial score (nSPS) is 11.4. The third kappa shape index (κ3) is 7.21. The van der Waals surface area contributed by atoms with Crippen molar-refractivity contribution in [1.29, 1.82) is 0 Å². The Morgan fingerprint density at radius 2 is 0.677 bits per heavy atom. The molecule has 0 aliphatic rings. The molecule has 3 heterocycles. The highest BCUT2D eigenvalue weighted by Crippen LogP contribution is 2.41. The van der Waals surface area contributed by atoms with Crippen LogP contribution in [0.25, 0.3) is 123 Å². The van der Waals surface area contributed by atoms with E-state index in [1.807, 2.05) is 66.7 Å². The van der Waals surface area contributed by atoms with Crippen LogP contribution < -0.4 is 0 Å². The molecule has 9 aromatic carbocycles. The maximum absolute atomic E-state index is 6.48. The van der Waals surface area contributed by atoms with Gasteiger partial charge in [-0.1, -0.05) is 200 Å². The molecule has 0 fully saturated rings. The van der Waals surface area contributed by atoms with Gasteiger partial charge in [0.25, 0.3) is 0 Å². The Morgan fingerprint density at radius 1 is 0.246 bits per heavy atom. The summed E-state index contributed by atoms with van der Waals surface area (Å²) in [6, 6.07) is 79.8. The monoisotopic (exact) mass is 830 g/mol. The zero-order chi connectivity index (χ0) is 43.1. The fraction of sp³-hybridized carbons (Fsp3) is 0. The van der Waals surface area contributed by atoms with Crippen molar-refractivity contribution in [3.05, 3.63) is 231 Å². The first-order valence-corrected chi connectivity index (χ1v) is 21.8. The van der Waals surface area contributed by atoms with E-state index in [0.29, 0.717) is 11.6 Å². The maximum Gasteiger partial charge on any atom is 0.160 e. The molecule has 12 rings (SSSR count). The standard InChI is InChI=1S/C60H38N4O/c1-4-16-42(17-5-1)53-37-54(43-18-6-2-7-19-43)62-59(61-53)45-31-27-40(28-32-45)50-35-52-49-24-12-13-26-57(49)65-58(52)36-51(50)41-29-33-46(34-30-41)60-63-55(44-20-8-3-9-21-44)38-56(64-60)48-25-14-22-39-15-10-11-23-47(39)48/h1-38H. The fourth-order valence-corrected chi connectivity index (χ4v) is 8.86. The van der Waals surface area contributed by atoms with Crippen LogP contribution in [0.4, 0.5) is 0 Å². The van der Waals surface area contributed by atoms with E-state index in [9.17, 15) is 0 Å². The van der Waals surface area contributed by atoms with Gasteiger partial charge >= 0.3 is 0 Å². The Balaban J connectivity index is 0.962. The van der Waals surface area contributed by atoms with E-state index in [-0.39, 0.29) is 0 Å². The fourth-order valence-electron chi connectivity index (χ4n) is 8.86. The molecule has 5 nitrogen and oxygen atoms in total. The average molecular weight is 831 g/mol. The van der Waals surface area contributed by atoms with Gasteiger partial charge in [-0.05, 0) is 63.4 Å². The number of benzene rings is 9. The number of hydrogen-bond acceptors (Lipinski definition) is 5. The average Bonchev–Trinajstić information content (AvgIpc) is 3.76. The summed E-state index contributed by atoms with van der Waals surface area (Å²) in [7, 11) is 0. The van der Waals surface area contributed by atoms with Crippen LogP contribution in [0.3, 0.4) is 0 Å². The molecule has 0 spiro atoms. The molecule has 0 aliphatic heterocycles. The summed E-state index contributed by atoms with van der Waals surface area (Å²) in [4.78, 5) is 20.6. The number of nitrogens with zero attached hydrogens (tertiary/aromatic N) is 4. The van der Waals surface area contributed by atoms with Crippen LogP contribution in [0.5, 0.6) is 0 Å². The van der Waals surface area contributed by atoms with Gasteiger partial charge in [-0.25, -0.2) is 19.9 Å². The van der Waals surface area contributed by atoms with E-state index in [1.54, 1.807) is 0 Å². The van der Waals surface area contributed by atoms with Crippen LogP contribution in [0.2, 0.25) is 0 Å². The molecule has 0 atom stereocenters. The van der Waals surface area contributed by atoms with Crippen molar-refractivity contribution in [1.82, 2.24) is 19.9 Å². The highest BCUT2D eigenvalue weighted by Gasteiger charge is 2.18. The topological polar surface area (TPSA) is 64.7 Å². The summed E-state index contributed by atoms with van der Waals surface area (Å²) < 4.78 is 6.48. The van der Waals surface area contributed by atoms with Gasteiger partial charge < -0.3 is 4.42 Å². The Hall–Kier alpha value is -8.80. The number of rotatable bonds is 8. The first-order chi connectivity index (χ1) is 32.2. The Morgan fingerprint density at radius 3 is 1.25 bits per heavy atom.